The molecule has 6 heteroatoms. The maximum Gasteiger partial charge on any atom is 0.269 e. The first-order chi connectivity index (χ1) is 15.2. The number of fused-ring (bicyclic) bond motifs is 1. The molecule has 1 saturated heterocycles. The number of hydrogen-bond donors (Lipinski definition) is 0. The van der Waals surface area contributed by atoms with Crippen molar-refractivity contribution in [3.63, 3.8) is 0 Å². The first-order valence-electron chi connectivity index (χ1n) is 10.1. The van der Waals surface area contributed by atoms with Gasteiger partial charge in [0.15, 0.2) is 5.17 Å². The van der Waals surface area contributed by atoms with Crippen molar-refractivity contribution in [3.05, 3.63) is 88.8 Å². The fourth-order valence-corrected chi connectivity index (χ4v) is 6.07. The van der Waals surface area contributed by atoms with Gasteiger partial charge < -0.3 is 4.90 Å². The van der Waals surface area contributed by atoms with Crippen LogP contribution in [0.3, 0.4) is 0 Å². The highest BCUT2D eigenvalue weighted by Crippen LogP contribution is 2.49. The molecule has 31 heavy (non-hydrogen) atoms. The summed E-state index contributed by atoms with van der Waals surface area (Å²) in [7, 11) is 2.02. The Balaban J connectivity index is 1.45. The Labute approximate surface area is 190 Å². The van der Waals surface area contributed by atoms with Gasteiger partial charge in [0.05, 0.1) is 16.4 Å². The number of likely N-dealkylation sites (N-methyl/N-ethyl adjacent to an activating group) is 1. The quantitative estimate of drug-likeness (QED) is 0.442. The van der Waals surface area contributed by atoms with Crippen molar-refractivity contribution in [1.29, 1.82) is 0 Å². The molecule has 154 valence electrons. The molecule has 3 aromatic carbocycles. The number of amidine groups is 1. The number of benzene rings is 3. The Bertz CT molecular complexity index is 1200. The van der Waals surface area contributed by atoms with Gasteiger partial charge in [0.1, 0.15) is 4.91 Å². The summed E-state index contributed by atoms with van der Waals surface area (Å²) in [6, 6.07) is 26.7. The number of aliphatic imine (C=N–C) groups is 1. The van der Waals surface area contributed by atoms with Crippen LogP contribution in [0.2, 0.25) is 0 Å². The molecule has 0 aliphatic carbocycles. The Kier molecular flexibility index (Phi) is 5.34. The second-order valence-corrected chi connectivity index (χ2v) is 9.23. The van der Waals surface area contributed by atoms with E-state index in [2.05, 4.69) is 41.3 Å². The highest BCUT2D eigenvalue weighted by molar-refractivity contribution is 8.19. The van der Waals surface area contributed by atoms with Crippen LogP contribution in [0.1, 0.15) is 6.92 Å². The summed E-state index contributed by atoms with van der Waals surface area (Å²) in [5.41, 5.74) is 4.30. The van der Waals surface area contributed by atoms with E-state index in [1.807, 2.05) is 56.4 Å². The SMILES string of the molecule is CCN1C(=O)C(=C2Sc3ccccc3N2C)SC1=Nc1ccc(-c2ccccc2)cc1. The minimum absolute atomic E-state index is 0.0225. The van der Waals surface area contributed by atoms with Crippen LogP contribution in [0, 0.1) is 0 Å². The lowest BCUT2D eigenvalue weighted by Gasteiger charge is -2.15. The third-order valence-electron chi connectivity index (χ3n) is 5.31. The van der Waals surface area contributed by atoms with Crippen LogP contribution < -0.4 is 4.90 Å². The molecule has 0 N–H and O–H groups in total. The van der Waals surface area contributed by atoms with E-state index in [1.54, 1.807) is 16.7 Å². The van der Waals surface area contributed by atoms with Gasteiger partial charge >= 0.3 is 0 Å². The second-order valence-electron chi connectivity index (χ2n) is 7.22. The van der Waals surface area contributed by atoms with Crippen LogP contribution >= 0.6 is 23.5 Å². The van der Waals surface area contributed by atoms with Gasteiger partial charge in [0.2, 0.25) is 0 Å². The maximum atomic E-state index is 13.2. The van der Waals surface area contributed by atoms with Crippen molar-refractivity contribution >= 4 is 46.0 Å². The highest BCUT2D eigenvalue weighted by Gasteiger charge is 2.38. The number of rotatable bonds is 3. The third-order valence-corrected chi connectivity index (χ3v) is 7.74. The number of para-hydroxylation sites is 1. The van der Waals surface area contributed by atoms with Crippen LogP contribution in [-0.4, -0.2) is 29.6 Å². The van der Waals surface area contributed by atoms with Gasteiger partial charge in [0, 0.05) is 18.5 Å². The first-order valence-corrected chi connectivity index (χ1v) is 11.8. The van der Waals surface area contributed by atoms with Gasteiger partial charge in [0.25, 0.3) is 5.91 Å². The van der Waals surface area contributed by atoms with Crippen molar-refractivity contribution in [2.24, 2.45) is 4.99 Å². The highest BCUT2D eigenvalue weighted by atomic mass is 32.2. The number of anilines is 1. The zero-order valence-electron chi connectivity index (χ0n) is 17.3. The maximum absolute atomic E-state index is 13.2. The Morgan fingerprint density at radius 1 is 0.839 bits per heavy atom. The van der Waals surface area contributed by atoms with Crippen molar-refractivity contribution in [2.45, 2.75) is 11.8 Å². The lowest BCUT2D eigenvalue weighted by atomic mass is 10.1. The number of hydrogen-bond acceptors (Lipinski definition) is 5. The number of thioether (sulfide) groups is 2. The van der Waals surface area contributed by atoms with Gasteiger partial charge in [-0.05, 0) is 54.1 Å². The van der Waals surface area contributed by atoms with Crippen molar-refractivity contribution < 1.29 is 4.79 Å². The average molecular weight is 444 g/mol. The van der Waals surface area contributed by atoms with E-state index in [9.17, 15) is 4.79 Å². The number of amides is 1. The van der Waals surface area contributed by atoms with Gasteiger partial charge in [-0.25, -0.2) is 4.99 Å². The molecule has 0 radical (unpaired) electrons. The molecule has 4 nitrogen and oxygen atoms in total. The number of carbonyl (C=O) groups excluding carboxylic acids is 1. The molecule has 1 amide bonds. The van der Waals surface area contributed by atoms with E-state index >= 15 is 0 Å². The standard InChI is InChI=1S/C25H21N3OS2/c1-3-28-23(29)22(24-27(2)20-11-7-8-12-21(20)30-24)31-25(28)26-19-15-13-18(14-16-19)17-9-5-4-6-10-17/h4-16H,3H2,1-2H3. The van der Waals surface area contributed by atoms with Gasteiger partial charge in [-0.1, -0.05) is 66.4 Å². The van der Waals surface area contributed by atoms with E-state index < -0.39 is 0 Å². The number of nitrogens with zero attached hydrogens (tertiary/aromatic N) is 3. The Hall–Kier alpha value is -2.96. The molecule has 3 aromatic rings. The molecular formula is C25H21N3OS2. The first kappa shape index (κ1) is 20.0. The van der Waals surface area contributed by atoms with Crippen LogP contribution in [0.4, 0.5) is 11.4 Å². The molecule has 0 atom stereocenters. The molecule has 0 saturated carbocycles. The lowest BCUT2D eigenvalue weighted by molar-refractivity contribution is -0.122. The van der Waals surface area contributed by atoms with E-state index in [1.165, 1.54) is 22.2 Å². The Morgan fingerprint density at radius 2 is 1.52 bits per heavy atom. The third kappa shape index (κ3) is 3.66. The zero-order chi connectivity index (χ0) is 21.4. The van der Waals surface area contributed by atoms with Crippen LogP contribution in [0.15, 0.2) is 98.7 Å². The summed E-state index contributed by atoms with van der Waals surface area (Å²) in [5, 5.41) is 1.70. The lowest BCUT2D eigenvalue weighted by Crippen LogP contribution is -2.29. The summed E-state index contributed by atoms with van der Waals surface area (Å²) in [4.78, 5) is 23.8. The number of carbonyl (C=O) groups is 1. The molecule has 2 aliphatic heterocycles. The summed E-state index contributed by atoms with van der Waals surface area (Å²) in [5.74, 6) is 0.0225. The largest absolute Gasteiger partial charge is 0.337 e. The molecule has 2 heterocycles. The fraction of sp³-hybridized carbons (Fsp3) is 0.120. The fourth-order valence-electron chi connectivity index (χ4n) is 3.67. The smallest absolute Gasteiger partial charge is 0.269 e. The zero-order valence-corrected chi connectivity index (χ0v) is 18.9. The van der Waals surface area contributed by atoms with Crippen LogP contribution in [0.5, 0.6) is 0 Å². The van der Waals surface area contributed by atoms with Gasteiger partial charge in [-0.2, -0.15) is 0 Å². The predicted octanol–water partition coefficient (Wildman–Crippen LogP) is 6.35. The molecule has 0 spiro atoms. The molecule has 0 aromatic heterocycles. The topological polar surface area (TPSA) is 35.9 Å². The predicted molar refractivity (Wildman–Crippen MR) is 132 cm³/mol. The summed E-state index contributed by atoms with van der Waals surface area (Å²) < 4.78 is 0. The van der Waals surface area contributed by atoms with Gasteiger partial charge in [-0.15, -0.1) is 0 Å². The molecular weight excluding hydrogens is 422 g/mol. The molecule has 0 bridgehead atoms. The van der Waals surface area contributed by atoms with E-state index in [4.69, 9.17) is 4.99 Å². The molecule has 2 aliphatic rings. The summed E-state index contributed by atoms with van der Waals surface area (Å²) in [6.07, 6.45) is 0. The molecule has 5 rings (SSSR count). The van der Waals surface area contributed by atoms with Gasteiger partial charge in [-0.3, -0.25) is 9.69 Å². The second kappa shape index (κ2) is 8.29. The minimum Gasteiger partial charge on any atom is -0.337 e. The summed E-state index contributed by atoms with van der Waals surface area (Å²) in [6.45, 7) is 2.57. The normalized spacial score (nSPS) is 19.4. The summed E-state index contributed by atoms with van der Waals surface area (Å²) >= 11 is 3.11. The monoisotopic (exact) mass is 443 g/mol. The van der Waals surface area contributed by atoms with E-state index in [0.29, 0.717) is 6.54 Å². The van der Waals surface area contributed by atoms with E-state index in [-0.39, 0.29) is 5.91 Å². The van der Waals surface area contributed by atoms with Crippen LogP contribution in [0.25, 0.3) is 11.1 Å². The minimum atomic E-state index is 0.0225. The molecule has 0 unspecified atom stereocenters. The van der Waals surface area contributed by atoms with Crippen molar-refractivity contribution in [1.82, 2.24) is 4.90 Å². The van der Waals surface area contributed by atoms with Crippen molar-refractivity contribution in [2.75, 3.05) is 18.5 Å². The van der Waals surface area contributed by atoms with E-state index in [0.717, 1.165) is 32.0 Å². The van der Waals surface area contributed by atoms with Crippen molar-refractivity contribution in [3.8, 4) is 11.1 Å². The van der Waals surface area contributed by atoms with Crippen LogP contribution in [-0.2, 0) is 4.79 Å². The molecule has 1 fully saturated rings. The Morgan fingerprint density at radius 3 is 2.23 bits per heavy atom. The average Bonchev–Trinajstić information content (AvgIpc) is 3.31.